The van der Waals surface area contributed by atoms with E-state index in [4.69, 9.17) is 0 Å². The Morgan fingerprint density at radius 2 is 1.45 bits per heavy atom. The van der Waals surface area contributed by atoms with Gasteiger partial charge in [-0.3, -0.25) is 4.21 Å². The lowest BCUT2D eigenvalue weighted by atomic mass is 10.6. The number of hydrogen-bond acceptors (Lipinski definition) is 4. The van der Waals surface area contributed by atoms with E-state index in [0.29, 0.717) is 0 Å². The summed E-state index contributed by atoms with van der Waals surface area (Å²) < 4.78 is 13.5. The highest BCUT2D eigenvalue weighted by Gasteiger charge is 2.10. The van der Waals surface area contributed by atoms with Crippen LogP contribution in [0.2, 0.25) is 0 Å². The standard InChI is InChI=1S/C4H2O3.C2H6OS/c5-3-1-2-4(6)7-3;1-4(2)3/h1-2H;1-2H3. The van der Waals surface area contributed by atoms with Gasteiger partial charge in [-0.2, -0.15) is 0 Å². The third-order valence-corrected chi connectivity index (χ3v) is 0.557. The van der Waals surface area contributed by atoms with Crippen molar-refractivity contribution >= 4 is 22.7 Å². The van der Waals surface area contributed by atoms with E-state index in [-0.39, 0.29) is 0 Å². The first-order valence-electron chi connectivity index (χ1n) is 2.71. The first-order chi connectivity index (χ1) is 5.02. The van der Waals surface area contributed by atoms with E-state index in [0.717, 1.165) is 12.2 Å². The minimum atomic E-state index is -0.611. The number of cyclic esters (lactones) is 2. The van der Waals surface area contributed by atoms with E-state index < -0.39 is 22.7 Å². The summed E-state index contributed by atoms with van der Waals surface area (Å²) in [5, 5.41) is 0. The number of carbonyl (C=O) groups excluding carboxylic acids is 2. The summed E-state index contributed by atoms with van der Waals surface area (Å²) in [6.07, 6.45) is 5.45. The molecular weight excluding hydrogens is 168 g/mol. The third kappa shape index (κ3) is 6.92. The van der Waals surface area contributed by atoms with Crippen LogP contribution in [0.4, 0.5) is 0 Å². The zero-order valence-electron chi connectivity index (χ0n) is 6.20. The molecule has 0 aliphatic carbocycles. The molecule has 1 heterocycles. The highest BCUT2D eigenvalue weighted by atomic mass is 32.2. The lowest BCUT2D eigenvalue weighted by Gasteiger charge is -1.80. The molecule has 1 rings (SSSR count). The van der Waals surface area contributed by atoms with Crippen LogP contribution in [-0.2, 0) is 25.1 Å². The van der Waals surface area contributed by atoms with Crippen molar-refractivity contribution in [3.63, 3.8) is 0 Å². The van der Waals surface area contributed by atoms with E-state index >= 15 is 0 Å². The molecule has 0 aromatic heterocycles. The Labute approximate surface area is 66.7 Å². The second-order valence-corrected chi connectivity index (χ2v) is 3.30. The number of carbonyl (C=O) groups is 2. The lowest BCUT2D eigenvalue weighted by Crippen LogP contribution is -1.96. The molecule has 0 unspecified atom stereocenters. The third-order valence-electron chi connectivity index (χ3n) is 0.557. The normalized spacial score (nSPS) is 14.5. The summed E-state index contributed by atoms with van der Waals surface area (Å²) >= 11 is 0. The first-order valence-corrected chi connectivity index (χ1v) is 4.68. The molecule has 0 saturated carbocycles. The molecule has 0 aromatic carbocycles. The minimum Gasteiger partial charge on any atom is -0.387 e. The van der Waals surface area contributed by atoms with Gasteiger partial charge in [0.2, 0.25) is 0 Å². The van der Waals surface area contributed by atoms with Gasteiger partial charge in [0, 0.05) is 35.5 Å². The second kappa shape index (κ2) is 4.79. The van der Waals surface area contributed by atoms with Gasteiger partial charge in [0.25, 0.3) is 0 Å². The molecule has 1 aliphatic heterocycles. The van der Waals surface area contributed by atoms with E-state index in [1.807, 2.05) is 0 Å². The van der Waals surface area contributed by atoms with Crippen LogP contribution in [0.5, 0.6) is 0 Å². The Bertz CT molecular complexity index is 199. The van der Waals surface area contributed by atoms with Crippen molar-refractivity contribution in [1.29, 1.82) is 0 Å². The molecular formula is C6H8O4S. The van der Waals surface area contributed by atoms with Crippen molar-refractivity contribution in [3.05, 3.63) is 12.2 Å². The van der Waals surface area contributed by atoms with Gasteiger partial charge in [0.15, 0.2) is 0 Å². The van der Waals surface area contributed by atoms with Crippen LogP contribution in [0, 0.1) is 0 Å². The van der Waals surface area contributed by atoms with Crippen molar-refractivity contribution in [2.75, 3.05) is 12.5 Å². The molecule has 0 atom stereocenters. The summed E-state index contributed by atoms with van der Waals surface area (Å²) in [6.45, 7) is 0. The monoisotopic (exact) mass is 176 g/mol. The molecule has 0 amide bonds. The maximum absolute atomic E-state index is 9.92. The van der Waals surface area contributed by atoms with E-state index in [9.17, 15) is 13.8 Å². The van der Waals surface area contributed by atoms with Gasteiger partial charge in [0.1, 0.15) is 0 Å². The fourth-order valence-corrected chi connectivity index (χ4v) is 0.303. The molecule has 0 fully saturated rings. The Kier molecular flexibility index (Phi) is 4.36. The van der Waals surface area contributed by atoms with Crippen LogP contribution in [0.1, 0.15) is 0 Å². The number of rotatable bonds is 0. The van der Waals surface area contributed by atoms with Crippen LogP contribution in [0.3, 0.4) is 0 Å². The van der Waals surface area contributed by atoms with Gasteiger partial charge >= 0.3 is 11.9 Å². The topological polar surface area (TPSA) is 60.4 Å². The van der Waals surface area contributed by atoms with Crippen molar-refractivity contribution in [1.82, 2.24) is 0 Å². The average molecular weight is 176 g/mol. The SMILES string of the molecule is CS(C)=O.O=C1C=CC(=O)O1. The predicted molar refractivity (Wildman–Crippen MR) is 40.2 cm³/mol. The molecule has 4 nitrogen and oxygen atoms in total. The molecule has 0 bridgehead atoms. The van der Waals surface area contributed by atoms with Crippen LogP contribution >= 0.6 is 0 Å². The number of hydrogen-bond donors (Lipinski definition) is 0. The summed E-state index contributed by atoms with van der Waals surface area (Å²) in [6, 6.07) is 0. The van der Waals surface area contributed by atoms with Crippen molar-refractivity contribution in [2.24, 2.45) is 0 Å². The fourth-order valence-electron chi connectivity index (χ4n) is 0.303. The maximum atomic E-state index is 9.92. The highest BCUT2D eigenvalue weighted by Crippen LogP contribution is 1.92. The molecule has 0 aromatic rings. The summed E-state index contributed by atoms with van der Waals surface area (Å²) in [7, 11) is -0.611. The first kappa shape index (κ1) is 10.0. The van der Waals surface area contributed by atoms with Crippen molar-refractivity contribution in [3.8, 4) is 0 Å². The summed E-state index contributed by atoms with van der Waals surface area (Å²) in [5.74, 6) is -1.16. The van der Waals surface area contributed by atoms with Crippen molar-refractivity contribution < 1.29 is 18.5 Å². The second-order valence-electron chi connectivity index (χ2n) is 1.82. The van der Waals surface area contributed by atoms with Gasteiger partial charge in [-0.15, -0.1) is 0 Å². The van der Waals surface area contributed by atoms with Crippen LogP contribution in [0.25, 0.3) is 0 Å². The zero-order chi connectivity index (χ0) is 8.85. The highest BCUT2D eigenvalue weighted by molar-refractivity contribution is 7.83. The quantitative estimate of drug-likeness (QED) is 0.373. The van der Waals surface area contributed by atoms with Crippen LogP contribution in [0.15, 0.2) is 12.2 Å². The van der Waals surface area contributed by atoms with Gasteiger partial charge in [-0.1, -0.05) is 0 Å². The van der Waals surface area contributed by atoms with Crippen molar-refractivity contribution in [2.45, 2.75) is 0 Å². The number of esters is 2. The van der Waals surface area contributed by atoms with Gasteiger partial charge in [-0.25, -0.2) is 9.59 Å². The minimum absolute atomic E-state index is 0.579. The lowest BCUT2D eigenvalue weighted by molar-refractivity contribution is -0.150. The molecule has 5 heteroatoms. The maximum Gasteiger partial charge on any atom is 0.338 e. The fraction of sp³-hybridized carbons (Fsp3) is 0.333. The largest absolute Gasteiger partial charge is 0.387 e. The van der Waals surface area contributed by atoms with E-state index in [1.165, 1.54) is 0 Å². The molecule has 0 N–H and O–H groups in total. The Morgan fingerprint density at radius 3 is 1.55 bits per heavy atom. The van der Waals surface area contributed by atoms with E-state index in [1.54, 1.807) is 12.5 Å². The smallest absolute Gasteiger partial charge is 0.338 e. The summed E-state index contributed by atoms with van der Waals surface area (Å²) in [4.78, 5) is 19.8. The van der Waals surface area contributed by atoms with Gasteiger partial charge in [-0.05, 0) is 0 Å². The Morgan fingerprint density at radius 1 is 1.18 bits per heavy atom. The number of ether oxygens (including phenoxy) is 1. The van der Waals surface area contributed by atoms with E-state index in [2.05, 4.69) is 4.74 Å². The molecule has 0 spiro atoms. The zero-order valence-corrected chi connectivity index (χ0v) is 7.01. The Balaban J connectivity index is 0.000000218. The molecule has 1 aliphatic rings. The molecule has 11 heavy (non-hydrogen) atoms. The Hall–Kier alpha value is -0.970. The predicted octanol–water partition coefficient (Wildman–Crippen LogP) is -0.379. The van der Waals surface area contributed by atoms with Crippen LogP contribution < -0.4 is 0 Å². The molecule has 0 saturated heterocycles. The van der Waals surface area contributed by atoms with Gasteiger partial charge < -0.3 is 4.74 Å². The van der Waals surface area contributed by atoms with Gasteiger partial charge in [0.05, 0.1) is 0 Å². The molecule has 0 radical (unpaired) electrons. The molecule has 62 valence electrons. The average Bonchev–Trinajstić information content (AvgIpc) is 2.13. The van der Waals surface area contributed by atoms with Crippen LogP contribution in [-0.4, -0.2) is 28.7 Å². The summed E-state index contributed by atoms with van der Waals surface area (Å²) in [5.41, 5.74) is 0.